The molecule has 0 aliphatic heterocycles. The molecule has 2 rings (SSSR count). The molecule has 0 aromatic heterocycles. The van der Waals surface area contributed by atoms with E-state index in [-0.39, 0.29) is 6.04 Å². The summed E-state index contributed by atoms with van der Waals surface area (Å²) in [7, 11) is 0. The van der Waals surface area contributed by atoms with E-state index in [1.54, 1.807) is 0 Å². The minimum atomic E-state index is 0.126. The van der Waals surface area contributed by atoms with Crippen LogP contribution in [0.15, 0.2) is 36.4 Å². The molecule has 0 spiro atoms. The molecule has 1 unspecified atom stereocenters. The number of fused-ring (bicyclic) bond motifs is 1. The van der Waals surface area contributed by atoms with Gasteiger partial charge in [0.1, 0.15) is 5.75 Å². The van der Waals surface area contributed by atoms with Gasteiger partial charge in [-0.2, -0.15) is 0 Å². The van der Waals surface area contributed by atoms with Crippen LogP contribution in [-0.4, -0.2) is 18.2 Å². The topological polar surface area (TPSA) is 58.3 Å². The lowest BCUT2D eigenvalue weighted by Gasteiger charge is -2.16. The fourth-order valence-corrected chi connectivity index (χ4v) is 2.15. The Balaban J connectivity index is 2.25. The second-order valence-corrected chi connectivity index (χ2v) is 4.54. The number of nitrogens with two attached hydrogens (primary N) is 1. The highest BCUT2D eigenvalue weighted by Gasteiger charge is 2.11. The molecule has 0 saturated heterocycles. The van der Waals surface area contributed by atoms with Crippen LogP contribution in [0, 0.1) is 0 Å². The van der Waals surface area contributed by atoms with E-state index >= 15 is 0 Å². The zero-order valence-corrected chi connectivity index (χ0v) is 10.7. The standard InChI is InChI=1S/C15H20N2O/c1-11(17-10-4-9-16)13-8-7-12-5-2-3-6-14(12)15(13)18/h2-3,5-8,11,17-18H,4,9-10,16H2,1H3. The first kappa shape index (κ1) is 12.9. The van der Waals surface area contributed by atoms with Gasteiger partial charge in [0.05, 0.1) is 0 Å². The van der Waals surface area contributed by atoms with Gasteiger partial charge in [-0.05, 0) is 31.8 Å². The summed E-state index contributed by atoms with van der Waals surface area (Å²) >= 11 is 0. The predicted octanol–water partition coefficient (Wildman–Crippen LogP) is 2.54. The summed E-state index contributed by atoms with van der Waals surface area (Å²) in [6.45, 7) is 3.60. The SMILES string of the molecule is CC(NCCCN)c1ccc2ccccc2c1O. The Kier molecular flexibility index (Phi) is 4.18. The third kappa shape index (κ3) is 2.63. The Bertz CT molecular complexity index is 525. The van der Waals surface area contributed by atoms with Crippen LogP contribution in [0.2, 0.25) is 0 Å². The van der Waals surface area contributed by atoms with Crippen molar-refractivity contribution in [3.63, 3.8) is 0 Å². The highest BCUT2D eigenvalue weighted by atomic mass is 16.3. The van der Waals surface area contributed by atoms with E-state index < -0.39 is 0 Å². The van der Waals surface area contributed by atoms with Crippen LogP contribution >= 0.6 is 0 Å². The fourth-order valence-electron chi connectivity index (χ4n) is 2.15. The number of benzene rings is 2. The van der Waals surface area contributed by atoms with Crippen molar-refractivity contribution in [2.75, 3.05) is 13.1 Å². The van der Waals surface area contributed by atoms with Crippen molar-refractivity contribution in [1.82, 2.24) is 5.32 Å². The monoisotopic (exact) mass is 244 g/mol. The zero-order chi connectivity index (χ0) is 13.0. The lowest BCUT2D eigenvalue weighted by atomic mass is 10.0. The molecule has 0 heterocycles. The fraction of sp³-hybridized carbons (Fsp3) is 0.333. The van der Waals surface area contributed by atoms with E-state index in [1.807, 2.05) is 36.4 Å². The smallest absolute Gasteiger partial charge is 0.128 e. The van der Waals surface area contributed by atoms with Crippen molar-refractivity contribution in [3.05, 3.63) is 42.0 Å². The van der Waals surface area contributed by atoms with Gasteiger partial charge in [0.25, 0.3) is 0 Å². The molecule has 2 aromatic carbocycles. The van der Waals surface area contributed by atoms with E-state index in [1.165, 1.54) is 0 Å². The highest BCUT2D eigenvalue weighted by molar-refractivity contribution is 5.89. The first-order valence-electron chi connectivity index (χ1n) is 6.38. The van der Waals surface area contributed by atoms with Crippen LogP contribution in [0.4, 0.5) is 0 Å². The normalized spacial score (nSPS) is 12.8. The molecule has 0 bridgehead atoms. The van der Waals surface area contributed by atoms with Crippen molar-refractivity contribution < 1.29 is 5.11 Å². The molecule has 1 atom stereocenters. The minimum absolute atomic E-state index is 0.126. The van der Waals surface area contributed by atoms with Crippen LogP contribution in [0.1, 0.15) is 24.9 Å². The molecule has 2 aromatic rings. The number of rotatable bonds is 5. The number of hydrogen-bond donors (Lipinski definition) is 3. The van der Waals surface area contributed by atoms with Gasteiger partial charge < -0.3 is 16.2 Å². The first-order chi connectivity index (χ1) is 8.74. The third-order valence-electron chi connectivity index (χ3n) is 3.23. The molecule has 18 heavy (non-hydrogen) atoms. The second kappa shape index (κ2) is 5.85. The quantitative estimate of drug-likeness (QED) is 0.708. The van der Waals surface area contributed by atoms with Crippen molar-refractivity contribution >= 4 is 10.8 Å². The van der Waals surface area contributed by atoms with Crippen LogP contribution in [0.5, 0.6) is 5.75 Å². The van der Waals surface area contributed by atoms with Crippen molar-refractivity contribution in [2.24, 2.45) is 5.73 Å². The average Bonchev–Trinajstić information content (AvgIpc) is 2.39. The summed E-state index contributed by atoms with van der Waals surface area (Å²) in [5.41, 5.74) is 6.40. The van der Waals surface area contributed by atoms with E-state index in [2.05, 4.69) is 12.2 Å². The van der Waals surface area contributed by atoms with Gasteiger partial charge in [-0.15, -0.1) is 0 Å². The molecule has 0 amide bonds. The Morgan fingerprint density at radius 2 is 2.00 bits per heavy atom. The summed E-state index contributed by atoms with van der Waals surface area (Å²) in [6.07, 6.45) is 0.943. The van der Waals surface area contributed by atoms with Gasteiger partial charge in [0.2, 0.25) is 0 Å². The van der Waals surface area contributed by atoms with E-state index in [0.717, 1.165) is 29.3 Å². The van der Waals surface area contributed by atoms with Gasteiger partial charge >= 0.3 is 0 Å². The Morgan fingerprint density at radius 3 is 2.78 bits per heavy atom. The second-order valence-electron chi connectivity index (χ2n) is 4.54. The molecular formula is C15H20N2O. The molecule has 3 heteroatoms. The van der Waals surface area contributed by atoms with Crippen LogP contribution in [0.25, 0.3) is 10.8 Å². The maximum absolute atomic E-state index is 10.3. The Morgan fingerprint density at radius 1 is 1.22 bits per heavy atom. The van der Waals surface area contributed by atoms with Gasteiger partial charge in [0, 0.05) is 17.0 Å². The van der Waals surface area contributed by atoms with E-state index in [4.69, 9.17) is 5.73 Å². The zero-order valence-electron chi connectivity index (χ0n) is 10.7. The maximum Gasteiger partial charge on any atom is 0.128 e. The van der Waals surface area contributed by atoms with Gasteiger partial charge in [-0.3, -0.25) is 0 Å². The van der Waals surface area contributed by atoms with Gasteiger partial charge in [-0.25, -0.2) is 0 Å². The highest BCUT2D eigenvalue weighted by Crippen LogP contribution is 2.32. The average molecular weight is 244 g/mol. The first-order valence-corrected chi connectivity index (χ1v) is 6.38. The Hall–Kier alpha value is -1.58. The number of phenols is 1. The number of nitrogens with one attached hydrogen (secondary N) is 1. The lowest BCUT2D eigenvalue weighted by Crippen LogP contribution is -2.21. The largest absolute Gasteiger partial charge is 0.507 e. The molecule has 0 aliphatic rings. The van der Waals surface area contributed by atoms with Gasteiger partial charge in [-0.1, -0.05) is 36.4 Å². The molecule has 0 fully saturated rings. The van der Waals surface area contributed by atoms with Gasteiger partial charge in [0.15, 0.2) is 0 Å². The molecule has 0 saturated carbocycles. The maximum atomic E-state index is 10.3. The third-order valence-corrected chi connectivity index (χ3v) is 3.23. The van der Waals surface area contributed by atoms with Crippen LogP contribution < -0.4 is 11.1 Å². The number of aromatic hydroxyl groups is 1. The van der Waals surface area contributed by atoms with Crippen LogP contribution in [-0.2, 0) is 0 Å². The molecule has 0 aliphatic carbocycles. The van der Waals surface area contributed by atoms with E-state index in [0.29, 0.717) is 12.3 Å². The van der Waals surface area contributed by atoms with Crippen molar-refractivity contribution in [1.29, 1.82) is 0 Å². The van der Waals surface area contributed by atoms with Crippen molar-refractivity contribution in [2.45, 2.75) is 19.4 Å². The van der Waals surface area contributed by atoms with Crippen LogP contribution in [0.3, 0.4) is 0 Å². The molecule has 96 valence electrons. The number of phenolic OH excluding ortho intramolecular Hbond substituents is 1. The van der Waals surface area contributed by atoms with E-state index in [9.17, 15) is 5.11 Å². The lowest BCUT2D eigenvalue weighted by molar-refractivity contribution is 0.458. The summed E-state index contributed by atoms with van der Waals surface area (Å²) in [4.78, 5) is 0. The molecular weight excluding hydrogens is 224 g/mol. The minimum Gasteiger partial charge on any atom is -0.507 e. The Labute approximate surface area is 108 Å². The summed E-state index contributed by atoms with van der Waals surface area (Å²) in [5.74, 6) is 0.376. The summed E-state index contributed by atoms with van der Waals surface area (Å²) in [5, 5.41) is 15.6. The molecule has 3 nitrogen and oxygen atoms in total. The molecule has 4 N–H and O–H groups in total. The molecule has 0 radical (unpaired) electrons. The number of hydrogen-bond acceptors (Lipinski definition) is 3. The summed E-state index contributed by atoms with van der Waals surface area (Å²) in [6, 6.07) is 12.0. The predicted molar refractivity (Wildman–Crippen MR) is 75.7 cm³/mol. The summed E-state index contributed by atoms with van der Waals surface area (Å²) < 4.78 is 0. The van der Waals surface area contributed by atoms with Crippen molar-refractivity contribution in [3.8, 4) is 5.75 Å².